The molecule has 6 heteroatoms. The standard InChI is InChI=1S/C14H21NO4S/c1-14(2,3)7-8-20(18,19)15-12-6-4-5-11(9-12)10-13(16)17/h4-6,9,15H,7-8,10H2,1-3H3,(H,16,17). The molecule has 1 rings (SSSR count). The van der Waals surface area contributed by atoms with Gasteiger partial charge in [0.1, 0.15) is 0 Å². The van der Waals surface area contributed by atoms with Crippen LogP contribution in [0.1, 0.15) is 32.8 Å². The van der Waals surface area contributed by atoms with Crippen molar-refractivity contribution < 1.29 is 18.3 Å². The van der Waals surface area contributed by atoms with Crippen molar-refractivity contribution in [3.8, 4) is 0 Å². The smallest absolute Gasteiger partial charge is 0.307 e. The summed E-state index contributed by atoms with van der Waals surface area (Å²) in [6.45, 7) is 5.95. The first-order valence-corrected chi connectivity index (χ1v) is 8.04. The minimum absolute atomic E-state index is 0.0413. The second-order valence-electron chi connectivity index (χ2n) is 6.00. The lowest BCUT2D eigenvalue weighted by Crippen LogP contribution is -2.21. The van der Waals surface area contributed by atoms with E-state index in [9.17, 15) is 13.2 Å². The number of carboxylic acid groups (broad SMARTS) is 1. The topological polar surface area (TPSA) is 83.5 Å². The highest BCUT2D eigenvalue weighted by molar-refractivity contribution is 7.92. The number of benzene rings is 1. The molecule has 0 amide bonds. The van der Waals surface area contributed by atoms with Crippen molar-refractivity contribution in [2.24, 2.45) is 5.41 Å². The maximum absolute atomic E-state index is 12.0. The Labute approximate surface area is 120 Å². The van der Waals surface area contributed by atoms with E-state index in [4.69, 9.17) is 5.11 Å². The van der Waals surface area contributed by atoms with E-state index >= 15 is 0 Å². The van der Waals surface area contributed by atoms with Crippen LogP contribution in [0.15, 0.2) is 24.3 Å². The average Bonchev–Trinajstić information content (AvgIpc) is 2.24. The van der Waals surface area contributed by atoms with Crippen LogP contribution in [0.4, 0.5) is 5.69 Å². The zero-order valence-corrected chi connectivity index (χ0v) is 12.8. The number of hydrogen-bond donors (Lipinski definition) is 2. The molecule has 0 aliphatic carbocycles. The summed E-state index contributed by atoms with van der Waals surface area (Å²) in [5.74, 6) is -0.905. The summed E-state index contributed by atoms with van der Waals surface area (Å²) in [6, 6.07) is 6.45. The minimum atomic E-state index is -3.41. The predicted octanol–water partition coefficient (Wildman–Crippen LogP) is 2.49. The number of hydrogen-bond acceptors (Lipinski definition) is 3. The fourth-order valence-corrected chi connectivity index (χ4v) is 3.06. The molecule has 0 fully saturated rings. The Kier molecular flexibility index (Phi) is 5.16. The summed E-state index contributed by atoms with van der Waals surface area (Å²) in [5.41, 5.74) is 0.908. The van der Waals surface area contributed by atoms with Gasteiger partial charge in [-0.05, 0) is 29.5 Å². The molecule has 0 aliphatic rings. The fourth-order valence-electron chi connectivity index (χ4n) is 1.59. The van der Waals surface area contributed by atoms with Crippen LogP contribution in [-0.4, -0.2) is 25.2 Å². The Morgan fingerprint density at radius 1 is 1.30 bits per heavy atom. The van der Waals surface area contributed by atoms with Crippen molar-refractivity contribution in [2.75, 3.05) is 10.5 Å². The molecule has 0 heterocycles. The number of carboxylic acids is 1. The zero-order valence-electron chi connectivity index (χ0n) is 12.0. The van der Waals surface area contributed by atoms with Crippen LogP contribution in [0.25, 0.3) is 0 Å². The Balaban J connectivity index is 2.74. The summed E-state index contributed by atoms with van der Waals surface area (Å²) < 4.78 is 26.4. The minimum Gasteiger partial charge on any atom is -0.481 e. The first kappa shape index (κ1) is 16.5. The van der Waals surface area contributed by atoms with Gasteiger partial charge in [-0.3, -0.25) is 9.52 Å². The van der Waals surface area contributed by atoms with Crippen LogP contribution in [0.3, 0.4) is 0 Å². The van der Waals surface area contributed by atoms with Crippen LogP contribution in [0.2, 0.25) is 0 Å². The molecule has 0 saturated carbocycles. The van der Waals surface area contributed by atoms with Crippen LogP contribution in [0, 0.1) is 5.41 Å². The quantitative estimate of drug-likeness (QED) is 0.845. The molecule has 0 unspecified atom stereocenters. The molecule has 1 aromatic carbocycles. The molecule has 0 bridgehead atoms. The van der Waals surface area contributed by atoms with Gasteiger partial charge in [0.25, 0.3) is 0 Å². The van der Waals surface area contributed by atoms with Crippen LogP contribution < -0.4 is 4.72 Å². The Hall–Kier alpha value is -1.56. The molecular formula is C14H21NO4S. The number of anilines is 1. The van der Waals surface area contributed by atoms with Gasteiger partial charge in [-0.1, -0.05) is 32.9 Å². The highest BCUT2D eigenvalue weighted by atomic mass is 32.2. The Morgan fingerprint density at radius 3 is 2.50 bits per heavy atom. The van der Waals surface area contributed by atoms with Crippen molar-refractivity contribution >= 4 is 21.7 Å². The summed E-state index contributed by atoms with van der Waals surface area (Å²) >= 11 is 0. The molecule has 20 heavy (non-hydrogen) atoms. The van der Waals surface area contributed by atoms with E-state index in [1.54, 1.807) is 24.3 Å². The number of nitrogens with one attached hydrogen (secondary N) is 1. The van der Waals surface area contributed by atoms with Crippen molar-refractivity contribution in [1.82, 2.24) is 0 Å². The predicted molar refractivity (Wildman–Crippen MR) is 79.3 cm³/mol. The third-order valence-electron chi connectivity index (χ3n) is 2.68. The lowest BCUT2D eigenvalue weighted by Gasteiger charge is -2.18. The lowest BCUT2D eigenvalue weighted by atomic mass is 9.94. The lowest BCUT2D eigenvalue weighted by molar-refractivity contribution is -0.136. The van der Waals surface area contributed by atoms with Crippen molar-refractivity contribution in [2.45, 2.75) is 33.6 Å². The van der Waals surface area contributed by atoms with Crippen LogP contribution in [-0.2, 0) is 21.2 Å². The zero-order chi connectivity index (χ0) is 15.4. The fraction of sp³-hybridized carbons (Fsp3) is 0.500. The highest BCUT2D eigenvalue weighted by Gasteiger charge is 2.17. The van der Waals surface area contributed by atoms with Crippen molar-refractivity contribution in [3.05, 3.63) is 29.8 Å². The van der Waals surface area contributed by atoms with Crippen LogP contribution in [0.5, 0.6) is 0 Å². The van der Waals surface area contributed by atoms with Gasteiger partial charge in [0.2, 0.25) is 10.0 Å². The molecule has 0 aliphatic heterocycles. The second-order valence-corrected chi connectivity index (χ2v) is 7.84. The van der Waals surface area contributed by atoms with Gasteiger partial charge < -0.3 is 5.11 Å². The second kappa shape index (κ2) is 6.26. The van der Waals surface area contributed by atoms with E-state index in [0.717, 1.165) is 0 Å². The molecule has 5 nitrogen and oxygen atoms in total. The van der Waals surface area contributed by atoms with E-state index in [1.165, 1.54) is 0 Å². The summed E-state index contributed by atoms with van der Waals surface area (Å²) in [7, 11) is -3.41. The van der Waals surface area contributed by atoms with Gasteiger partial charge in [-0.25, -0.2) is 8.42 Å². The molecule has 0 radical (unpaired) electrons. The third kappa shape index (κ3) is 6.56. The number of carbonyl (C=O) groups is 1. The third-order valence-corrected chi connectivity index (χ3v) is 3.96. The Bertz CT molecular complexity index is 573. The molecule has 0 saturated heterocycles. The first-order valence-electron chi connectivity index (χ1n) is 6.39. The molecule has 1 aromatic rings. The van der Waals surface area contributed by atoms with E-state index < -0.39 is 16.0 Å². The van der Waals surface area contributed by atoms with Gasteiger partial charge in [-0.2, -0.15) is 0 Å². The SMILES string of the molecule is CC(C)(C)CCS(=O)(=O)Nc1cccc(CC(=O)O)c1. The van der Waals surface area contributed by atoms with E-state index in [1.807, 2.05) is 20.8 Å². The van der Waals surface area contributed by atoms with Crippen molar-refractivity contribution in [1.29, 1.82) is 0 Å². The molecule has 0 spiro atoms. The molecular weight excluding hydrogens is 278 g/mol. The van der Waals surface area contributed by atoms with Crippen molar-refractivity contribution in [3.63, 3.8) is 0 Å². The van der Waals surface area contributed by atoms with Gasteiger partial charge in [-0.15, -0.1) is 0 Å². The van der Waals surface area contributed by atoms with Gasteiger partial charge in [0.15, 0.2) is 0 Å². The van der Waals surface area contributed by atoms with E-state index in [0.29, 0.717) is 17.7 Å². The van der Waals surface area contributed by atoms with Gasteiger partial charge in [0, 0.05) is 5.69 Å². The average molecular weight is 299 g/mol. The highest BCUT2D eigenvalue weighted by Crippen LogP contribution is 2.20. The number of sulfonamides is 1. The van der Waals surface area contributed by atoms with E-state index in [2.05, 4.69) is 4.72 Å². The first-order chi connectivity index (χ1) is 9.07. The molecule has 0 atom stereocenters. The molecule has 0 aromatic heterocycles. The molecule has 112 valence electrons. The summed E-state index contributed by atoms with van der Waals surface area (Å²) in [5, 5.41) is 8.73. The summed E-state index contributed by atoms with van der Waals surface area (Å²) in [6.07, 6.45) is 0.425. The number of rotatable bonds is 6. The maximum atomic E-state index is 12.0. The van der Waals surface area contributed by atoms with Gasteiger partial charge >= 0.3 is 5.97 Å². The monoisotopic (exact) mass is 299 g/mol. The normalized spacial score (nSPS) is 12.2. The maximum Gasteiger partial charge on any atom is 0.307 e. The Morgan fingerprint density at radius 2 is 1.95 bits per heavy atom. The van der Waals surface area contributed by atoms with Crippen LogP contribution >= 0.6 is 0 Å². The molecule has 2 N–H and O–H groups in total. The number of aliphatic carboxylic acids is 1. The van der Waals surface area contributed by atoms with E-state index in [-0.39, 0.29) is 17.6 Å². The summed E-state index contributed by atoms with van der Waals surface area (Å²) in [4.78, 5) is 10.6. The van der Waals surface area contributed by atoms with Gasteiger partial charge in [0.05, 0.1) is 12.2 Å². The largest absolute Gasteiger partial charge is 0.481 e.